The Kier molecular flexibility index (Phi) is 7.04. The van der Waals surface area contributed by atoms with Crippen molar-refractivity contribution in [3.8, 4) is 11.1 Å². The molecule has 1 fully saturated rings. The largest absolute Gasteiger partial charge is 0.416 e. The Morgan fingerprint density at radius 3 is 2.47 bits per heavy atom. The minimum absolute atomic E-state index is 0.0986. The van der Waals surface area contributed by atoms with Gasteiger partial charge in [0.25, 0.3) is 10.0 Å². The van der Waals surface area contributed by atoms with Crippen molar-refractivity contribution in [2.24, 2.45) is 0 Å². The smallest absolute Gasteiger partial charge is 0.351 e. The molecule has 1 N–H and O–H groups in total. The van der Waals surface area contributed by atoms with E-state index < -0.39 is 33.7 Å². The topological polar surface area (TPSA) is 66.5 Å². The number of thiophene rings is 1. The van der Waals surface area contributed by atoms with Gasteiger partial charge in [-0.1, -0.05) is 41.9 Å². The Labute approximate surface area is 204 Å². The van der Waals surface area contributed by atoms with Crippen molar-refractivity contribution in [2.45, 2.75) is 35.8 Å². The van der Waals surface area contributed by atoms with Gasteiger partial charge >= 0.3 is 6.18 Å². The summed E-state index contributed by atoms with van der Waals surface area (Å²) in [5, 5.41) is 2.79. The first kappa shape index (κ1) is 24.7. The summed E-state index contributed by atoms with van der Waals surface area (Å²) in [4.78, 5) is 12.9. The third kappa shape index (κ3) is 5.30. The number of amides is 1. The van der Waals surface area contributed by atoms with Crippen LogP contribution in [0.15, 0.2) is 64.9 Å². The van der Waals surface area contributed by atoms with E-state index in [1.807, 2.05) is 0 Å². The molecule has 180 valence electrons. The molecular formula is C23H20ClF3N2O3S2. The van der Waals surface area contributed by atoms with Crippen molar-refractivity contribution in [3.05, 3.63) is 76.1 Å². The van der Waals surface area contributed by atoms with Gasteiger partial charge in [0.2, 0.25) is 5.91 Å². The van der Waals surface area contributed by atoms with Crippen molar-refractivity contribution in [3.63, 3.8) is 0 Å². The number of benzene rings is 2. The fourth-order valence-corrected chi connectivity index (χ4v) is 7.13. The number of sulfonamides is 1. The highest BCUT2D eigenvalue weighted by Crippen LogP contribution is 2.33. The van der Waals surface area contributed by atoms with Gasteiger partial charge in [0.05, 0.1) is 9.90 Å². The molecule has 1 aliphatic rings. The molecule has 2 heterocycles. The third-order valence-corrected chi connectivity index (χ3v) is 9.16. The zero-order valence-electron chi connectivity index (χ0n) is 17.7. The van der Waals surface area contributed by atoms with Crippen LogP contribution in [0.2, 0.25) is 4.34 Å². The number of hydrogen-bond acceptors (Lipinski definition) is 4. The molecule has 1 aromatic heterocycles. The van der Waals surface area contributed by atoms with E-state index in [0.717, 1.165) is 29.0 Å². The van der Waals surface area contributed by atoms with Crippen molar-refractivity contribution < 1.29 is 26.4 Å². The van der Waals surface area contributed by atoms with Gasteiger partial charge in [0.1, 0.15) is 10.3 Å². The van der Waals surface area contributed by atoms with E-state index in [-0.39, 0.29) is 17.3 Å². The Bertz CT molecular complexity index is 1290. The molecule has 34 heavy (non-hydrogen) atoms. The minimum Gasteiger partial charge on any atom is -0.351 e. The van der Waals surface area contributed by atoms with Crippen LogP contribution in [-0.2, 0) is 27.5 Å². The first-order valence-electron chi connectivity index (χ1n) is 10.4. The third-order valence-electron chi connectivity index (χ3n) is 5.56. The van der Waals surface area contributed by atoms with Gasteiger partial charge in [-0.05, 0) is 59.9 Å². The van der Waals surface area contributed by atoms with Gasteiger partial charge in [0.15, 0.2) is 0 Å². The maximum atomic E-state index is 13.0. The SMILES string of the molecule is O=C(NCc1cccc(-c2ccc(C(F)(F)F)cc2)c1)[C@@H]1CCCN1S(=O)(=O)c1ccc(Cl)s1. The lowest BCUT2D eigenvalue weighted by molar-refractivity contribution is -0.137. The van der Waals surface area contributed by atoms with Gasteiger partial charge in [0, 0.05) is 13.1 Å². The number of nitrogens with one attached hydrogen (secondary N) is 1. The fraction of sp³-hybridized carbons (Fsp3) is 0.261. The lowest BCUT2D eigenvalue weighted by Crippen LogP contribution is -2.45. The molecule has 5 nitrogen and oxygen atoms in total. The molecule has 1 amide bonds. The Morgan fingerprint density at radius 2 is 1.82 bits per heavy atom. The summed E-state index contributed by atoms with van der Waals surface area (Å²) in [7, 11) is -3.83. The van der Waals surface area contributed by atoms with Gasteiger partial charge < -0.3 is 5.32 Å². The number of carbonyl (C=O) groups excluding carboxylic acids is 1. The van der Waals surface area contributed by atoms with Crippen molar-refractivity contribution >= 4 is 38.9 Å². The minimum atomic E-state index is -4.40. The summed E-state index contributed by atoms with van der Waals surface area (Å²) < 4.78 is 66.0. The number of halogens is 4. The van der Waals surface area contributed by atoms with Crippen molar-refractivity contribution in [1.82, 2.24) is 9.62 Å². The van der Waals surface area contributed by atoms with Crippen LogP contribution in [0.25, 0.3) is 11.1 Å². The maximum absolute atomic E-state index is 13.0. The first-order chi connectivity index (χ1) is 16.1. The molecule has 3 aromatic rings. The molecule has 0 radical (unpaired) electrons. The monoisotopic (exact) mass is 528 g/mol. The van der Waals surface area contributed by atoms with Crippen LogP contribution in [0.5, 0.6) is 0 Å². The van der Waals surface area contributed by atoms with E-state index in [2.05, 4.69) is 5.32 Å². The van der Waals surface area contributed by atoms with Crippen LogP contribution >= 0.6 is 22.9 Å². The van der Waals surface area contributed by atoms with E-state index in [1.54, 1.807) is 24.3 Å². The predicted octanol–water partition coefficient (Wildman–Crippen LogP) is 5.56. The number of carbonyl (C=O) groups is 1. The highest BCUT2D eigenvalue weighted by molar-refractivity contribution is 7.91. The average Bonchev–Trinajstić information content (AvgIpc) is 3.47. The quantitative estimate of drug-likeness (QED) is 0.456. The highest BCUT2D eigenvalue weighted by atomic mass is 35.5. The summed E-state index contributed by atoms with van der Waals surface area (Å²) in [5.41, 5.74) is 1.34. The summed E-state index contributed by atoms with van der Waals surface area (Å²) in [6, 6.07) is 14.1. The van der Waals surface area contributed by atoms with Gasteiger partial charge in [-0.3, -0.25) is 4.79 Å². The Hall–Kier alpha value is -2.40. The normalized spacial score (nSPS) is 17.1. The molecule has 0 unspecified atom stereocenters. The Morgan fingerprint density at radius 1 is 1.09 bits per heavy atom. The molecule has 0 bridgehead atoms. The standard InChI is InChI=1S/C23H20ClF3N2O3S2/c24-20-10-11-21(33-20)34(31,32)29-12-2-5-19(29)22(30)28-14-15-3-1-4-17(13-15)16-6-8-18(9-7-16)23(25,26)27/h1,3-4,6-11,13,19H,2,5,12,14H2,(H,28,30)/t19-/m0/s1. The van der Waals surface area contributed by atoms with E-state index in [9.17, 15) is 26.4 Å². The molecule has 1 aliphatic heterocycles. The molecule has 4 rings (SSSR count). The lowest BCUT2D eigenvalue weighted by Gasteiger charge is -2.22. The summed E-state index contributed by atoms with van der Waals surface area (Å²) in [6.45, 7) is 0.405. The first-order valence-corrected chi connectivity index (χ1v) is 13.0. The number of rotatable bonds is 6. The van der Waals surface area contributed by atoms with Crippen LogP contribution in [0.4, 0.5) is 13.2 Å². The van der Waals surface area contributed by atoms with Crippen LogP contribution in [0, 0.1) is 0 Å². The zero-order valence-corrected chi connectivity index (χ0v) is 20.1. The Balaban J connectivity index is 1.44. The van der Waals surface area contributed by atoms with Crippen molar-refractivity contribution in [2.75, 3.05) is 6.54 Å². The second-order valence-corrected chi connectivity index (χ2v) is 11.7. The van der Waals surface area contributed by atoms with Gasteiger partial charge in [-0.15, -0.1) is 11.3 Å². The molecule has 1 saturated heterocycles. The van der Waals surface area contributed by atoms with Crippen LogP contribution < -0.4 is 5.32 Å². The molecule has 1 atom stereocenters. The average molecular weight is 529 g/mol. The van der Waals surface area contributed by atoms with Gasteiger partial charge in [-0.25, -0.2) is 8.42 Å². The van der Waals surface area contributed by atoms with E-state index in [0.29, 0.717) is 28.3 Å². The molecule has 2 aromatic carbocycles. The summed E-state index contributed by atoms with van der Waals surface area (Å²) in [5.74, 6) is -0.399. The summed E-state index contributed by atoms with van der Waals surface area (Å²) >= 11 is 6.83. The second kappa shape index (κ2) is 9.69. The molecule has 0 aliphatic carbocycles. The van der Waals surface area contributed by atoms with Crippen molar-refractivity contribution in [1.29, 1.82) is 0 Å². The van der Waals surface area contributed by atoms with Crippen LogP contribution in [0.1, 0.15) is 24.0 Å². The highest BCUT2D eigenvalue weighted by Gasteiger charge is 2.40. The molecule has 0 spiro atoms. The number of alkyl halides is 3. The van der Waals surface area contributed by atoms with Gasteiger partial charge in [-0.2, -0.15) is 17.5 Å². The molecule has 11 heteroatoms. The van der Waals surface area contributed by atoms with E-state index in [4.69, 9.17) is 11.6 Å². The summed E-state index contributed by atoms with van der Waals surface area (Å²) in [6.07, 6.45) is -3.42. The van der Waals surface area contributed by atoms with Crippen LogP contribution in [0.3, 0.4) is 0 Å². The van der Waals surface area contributed by atoms with E-state index >= 15 is 0 Å². The second-order valence-electron chi connectivity index (χ2n) is 7.83. The predicted molar refractivity (Wildman–Crippen MR) is 125 cm³/mol. The van der Waals surface area contributed by atoms with E-state index in [1.165, 1.54) is 28.6 Å². The van der Waals surface area contributed by atoms with Crippen LogP contribution in [-0.4, -0.2) is 31.2 Å². The molecule has 0 saturated carbocycles. The molecular weight excluding hydrogens is 509 g/mol. The number of nitrogens with zero attached hydrogens (tertiary/aromatic N) is 1. The number of hydrogen-bond donors (Lipinski definition) is 1. The maximum Gasteiger partial charge on any atom is 0.416 e. The fourth-order valence-electron chi connectivity index (χ4n) is 3.86. The lowest BCUT2D eigenvalue weighted by atomic mass is 10.0. The zero-order chi connectivity index (χ0) is 24.5.